The van der Waals surface area contributed by atoms with E-state index in [0.717, 1.165) is 106 Å². The summed E-state index contributed by atoms with van der Waals surface area (Å²) in [6, 6.07) is 29.1. The van der Waals surface area contributed by atoms with Gasteiger partial charge in [-0.05, 0) is 76.9 Å². The number of aliphatic imine (C=N–C) groups is 3. The van der Waals surface area contributed by atoms with Gasteiger partial charge in [0.2, 0.25) is 11.9 Å². The number of nitrogens with zero attached hydrogens (tertiary/aromatic N) is 5. The van der Waals surface area contributed by atoms with Crippen molar-refractivity contribution in [2.24, 2.45) is 15.0 Å². The minimum absolute atomic E-state index is 0.755. The highest BCUT2D eigenvalue weighted by Gasteiger charge is 2.24. The summed E-state index contributed by atoms with van der Waals surface area (Å²) in [6.45, 7) is 3.27. The fourth-order valence-corrected chi connectivity index (χ4v) is 5.69. The third kappa shape index (κ3) is 4.45. The zero-order chi connectivity index (χ0) is 28.0. The first kappa shape index (κ1) is 24.4. The van der Waals surface area contributed by atoms with E-state index < -0.39 is 0 Å². The van der Waals surface area contributed by atoms with E-state index in [9.17, 15) is 0 Å². The molecule has 0 amide bonds. The molecule has 4 aromatic carbocycles. The number of aromatic nitrogens is 2. The summed E-state index contributed by atoms with van der Waals surface area (Å²) >= 11 is 0. The number of nitrogens with two attached hydrogens (primary N) is 1. The maximum absolute atomic E-state index is 5.86. The molecule has 206 valence electrons. The Hall–Kier alpha value is -5.44. The minimum Gasteiger partial charge on any atom is -0.399 e. The number of guanidine groups is 2. The molecule has 0 aliphatic carbocycles. The monoisotopic (exact) mass is 551 g/mol. The van der Waals surface area contributed by atoms with E-state index in [1.54, 1.807) is 0 Å². The lowest BCUT2D eigenvalue weighted by molar-refractivity contribution is 0.642. The molecule has 1 aromatic heterocycles. The Morgan fingerprint density at radius 1 is 0.786 bits per heavy atom. The highest BCUT2D eigenvalue weighted by molar-refractivity contribution is 6.07. The summed E-state index contributed by atoms with van der Waals surface area (Å²) in [5.74, 6) is 2.56. The molecule has 5 N–H and O–H groups in total. The summed E-state index contributed by atoms with van der Waals surface area (Å²) in [5, 5.41) is 6.77. The van der Waals surface area contributed by atoms with Crippen LogP contribution in [0.25, 0.3) is 33.5 Å². The molecule has 0 saturated heterocycles. The van der Waals surface area contributed by atoms with Gasteiger partial charge in [0.05, 0.1) is 35.5 Å². The first-order chi connectivity index (χ1) is 20.7. The molecule has 0 bridgehead atoms. The number of hydrogen-bond acceptors (Lipinski definition) is 8. The number of benzene rings is 4. The first-order valence-corrected chi connectivity index (χ1v) is 14.2. The second kappa shape index (κ2) is 9.88. The molecule has 0 radical (unpaired) electrons. The molecule has 0 spiro atoms. The van der Waals surface area contributed by atoms with E-state index in [0.29, 0.717) is 0 Å². The van der Waals surface area contributed by atoms with Gasteiger partial charge in [-0.3, -0.25) is 19.9 Å². The maximum Gasteiger partial charge on any atom is 0.205 e. The molecule has 42 heavy (non-hydrogen) atoms. The maximum atomic E-state index is 5.86. The topological polar surface area (TPSA) is 119 Å². The van der Waals surface area contributed by atoms with Gasteiger partial charge < -0.3 is 21.4 Å². The van der Waals surface area contributed by atoms with E-state index in [2.05, 4.69) is 91.2 Å². The standard InChI is InChI=1S/C33H29N9/c34-25-8-3-20(4-9-25)28-19-24-2-1-22(17-29(24)39-28)23-7-12-27-30(18-23)41-31(40-27)21-5-10-26(11-6-21)38-33-37-15-16-42(33)32-35-13-14-36-32/h1-12,17-18H,13-16,19,34H2,(H,35,36)(H,37,38)(H,40,41). The van der Waals surface area contributed by atoms with Gasteiger partial charge >= 0.3 is 0 Å². The number of rotatable bonds is 4. The van der Waals surface area contributed by atoms with Crippen LogP contribution in [-0.4, -0.2) is 58.7 Å². The van der Waals surface area contributed by atoms with Gasteiger partial charge in [-0.2, -0.15) is 0 Å². The molecule has 5 aromatic rings. The van der Waals surface area contributed by atoms with Crippen LogP contribution in [0.1, 0.15) is 11.1 Å². The van der Waals surface area contributed by atoms with Gasteiger partial charge in [-0.1, -0.05) is 30.3 Å². The van der Waals surface area contributed by atoms with Gasteiger partial charge in [-0.25, -0.2) is 4.98 Å². The second-order valence-corrected chi connectivity index (χ2v) is 10.7. The SMILES string of the molecule is Nc1ccc(C2=Nc3cc(-c4ccc5[nH]c(-c6ccc(NC7=NCCN7C7=NCCN7)cc6)nc5c4)ccc3C2)cc1. The summed E-state index contributed by atoms with van der Waals surface area (Å²) in [5.41, 5.74) is 17.2. The van der Waals surface area contributed by atoms with Crippen LogP contribution in [0.4, 0.5) is 17.1 Å². The third-order valence-corrected chi connectivity index (χ3v) is 7.93. The Bertz CT molecular complexity index is 1910. The van der Waals surface area contributed by atoms with Crippen LogP contribution in [-0.2, 0) is 6.42 Å². The summed E-state index contributed by atoms with van der Waals surface area (Å²) < 4.78 is 0. The van der Waals surface area contributed by atoms with Crippen molar-refractivity contribution in [3.8, 4) is 22.5 Å². The van der Waals surface area contributed by atoms with E-state index in [1.807, 2.05) is 24.3 Å². The van der Waals surface area contributed by atoms with Crippen LogP contribution in [0.2, 0.25) is 0 Å². The molecule has 9 heteroatoms. The number of fused-ring (bicyclic) bond motifs is 2. The van der Waals surface area contributed by atoms with Crippen molar-refractivity contribution >= 4 is 45.7 Å². The second-order valence-electron chi connectivity index (χ2n) is 10.7. The van der Waals surface area contributed by atoms with Crippen LogP contribution in [0.3, 0.4) is 0 Å². The molecule has 3 aliphatic heterocycles. The Labute approximate surface area is 243 Å². The van der Waals surface area contributed by atoms with Crippen LogP contribution < -0.4 is 16.4 Å². The van der Waals surface area contributed by atoms with E-state index in [4.69, 9.17) is 15.7 Å². The number of imidazole rings is 1. The lowest BCUT2D eigenvalue weighted by Gasteiger charge is -2.20. The number of hydrogen-bond donors (Lipinski definition) is 4. The number of anilines is 2. The molecular weight excluding hydrogens is 522 g/mol. The van der Waals surface area contributed by atoms with Crippen molar-refractivity contribution in [2.45, 2.75) is 6.42 Å². The van der Waals surface area contributed by atoms with E-state index in [-0.39, 0.29) is 0 Å². The quantitative estimate of drug-likeness (QED) is 0.229. The minimum atomic E-state index is 0.755. The predicted molar refractivity (Wildman–Crippen MR) is 171 cm³/mol. The fraction of sp³-hybridized carbons (Fsp3) is 0.152. The molecule has 0 fully saturated rings. The molecule has 0 saturated carbocycles. The Morgan fingerprint density at radius 2 is 1.57 bits per heavy atom. The molecule has 0 atom stereocenters. The summed E-state index contributed by atoms with van der Waals surface area (Å²) in [4.78, 5) is 24.6. The number of nitrogen functional groups attached to an aromatic ring is 1. The van der Waals surface area contributed by atoms with Gasteiger partial charge in [0.15, 0.2) is 0 Å². The van der Waals surface area contributed by atoms with Crippen LogP contribution in [0.5, 0.6) is 0 Å². The van der Waals surface area contributed by atoms with Crippen molar-refractivity contribution in [3.63, 3.8) is 0 Å². The number of nitrogens with one attached hydrogen (secondary N) is 3. The highest BCUT2D eigenvalue weighted by Crippen LogP contribution is 2.34. The highest BCUT2D eigenvalue weighted by atomic mass is 15.4. The van der Waals surface area contributed by atoms with Crippen molar-refractivity contribution in [3.05, 3.63) is 96.1 Å². The van der Waals surface area contributed by atoms with Crippen molar-refractivity contribution < 1.29 is 0 Å². The zero-order valence-electron chi connectivity index (χ0n) is 22.9. The smallest absolute Gasteiger partial charge is 0.205 e. The molecule has 4 heterocycles. The van der Waals surface area contributed by atoms with Gasteiger partial charge in [0.25, 0.3) is 0 Å². The predicted octanol–water partition coefficient (Wildman–Crippen LogP) is 5.20. The van der Waals surface area contributed by atoms with Crippen LogP contribution in [0, 0.1) is 0 Å². The van der Waals surface area contributed by atoms with E-state index in [1.165, 1.54) is 5.56 Å². The van der Waals surface area contributed by atoms with Crippen LogP contribution >= 0.6 is 0 Å². The number of aromatic amines is 1. The van der Waals surface area contributed by atoms with Gasteiger partial charge in [0, 0.05) is 36.4 Å². The molecule has 8 rings (SSSR count). The van der Waals surface area contributed by atoms with Crippen molar-refractivity contribution in [1.82, 2.24) is 20.2 Å². The van der Waals surface area contributed by atoms with Crippen molar-refractivity contribution in [2.75, 3.05) is 37.2 Å². The fourth-order valence-electron chi connectivity index (χ4n) is 5.69. The molecule has 3 aliphatic rings. The average Bonchev–Trinajstić information content (AvgIpc) is 3.83. The Balaban J connectivity index is 1.01. The zero-order valence-corrected chi connectivity index (χ0v) is 22.9. The van der Waals surface area contributed by atoms with Crippen molar-refractivity contribution in [1.29, 1.82) is 0 Å². The summed E-state index contributed by atoms with van der Waals surface area (Å²) in [6.07, 6.45) is 0.828. The summed E-state index contributed by atoms with van der Waals surface area (Å²) in [7, 11) is 0. The Kier molecular flexibility index (Phi) is 5.73. The van der Waals surface area contributed by atoms with Gasteiger partial charge in [0.1, 0.15) is 5.82 Å². The average molecular weight is 552 g/mol. The Morgan fingerprint density at radius 3 is 2.40 bits per heavy atom. The molecular formula is C33H29N9. The first-order valence-electron chi connectivity index (χ1n) is 14.2. The number of H-pyrrole nitrogens is 1. The normalized spacial score (nSPS) is 15.8. The lowest BCUT2D eigenvalue weighted by Crippen LogP contribution is -2.43. The van der Waals surface area contributed by atoms with Crippen LogP contribution in [0.15, 0.2) is 99.9 Å². The van der Waals surface area contributed by atoms with Gasteiger partial charge in [-0.15, -0.1) is 0 Å². The largest absolute Gasteiger partial charge is 0.399 e. The molecule has 0 unspecified atom stereocenters. The lowest BCUT2D eigenvalue weighted by atomic mass is 10.00. The third-order valence-electron chi connectivity index (χ3n) is 7.93. The molecule has 9 nitrogen and oxygen atoms in total. The van der Waals surface area contributed by atoms with E-state index >= 15 is 0 Å².